The Kier molecular flexibility index (Phi) is 2.68. The monoisotopic (exact) mass is 350 g/mol. The molecule has 0 aromatic heterocycles. The lowest BCUT2D eigenvalue weighted by Gasteiger charge is -2.19. The van der Waals surface area contributed by atoms with Gasteiger partial charge in [-0.2, -0.15) is 0 Å². The Bertz CT molecular complexity index is 632. The van der Waals surface area contributed by atoms with Gasteiger partial charge >= 0.3 is 0 Å². The molecule has 2 aromatic carbocycles. The highest BCUT2D eigenvalue weighted by atomic mass is 79.9. The molecule has 0 spiro atoms. The van der Waals surface area contributed by atoms with Crippen molar-refractivity contribution in [2.75, 3.05) is 0 Å². The molecule has 1 aliphatic carbocycles. The van der Waals surface area contributed by atoms with Crippen molar-refractivity contribution < 1.29 is 4.79 Å². The molecule has 2 aromatic rings. The SMILES string of the molecule is O=C1c2ccccc2Cc2cc(Br)c(Br)cc21. The van der Waals surface area contributed by atoms with Crippen LogP contribution >= 0.6 is 31.9 Å². The quantitative estimate of drug-likeness (QED) is 0.588. The number of ketones is 1. The first kappa shape index (κ1) is 11.2. The smallest absolute Gasteiger partial charge is 0.193 e. The summed E-state index contributed by atoms with van der Waals surface area (Å²) in [4.78, 5) is 12.3. The number of hydrogen-bond acceptors (Lipinski definition) is 1. The number of benzene rings is 2. The number of fused-ring (bicyclic) bond motifs is 2. The summed E-state index contributed by atoms with van der Waals surface area (Å²) in [6.07, 6.45) is 0.823. The van der Waals surface area contributed by atoms with Crippen molar-refractivity contribution in [1.82, 2.24) is 0 Å². The van der Waals surface area contributed by atoms with Gasteiger partial charge in [-0.1, -0.05) is 24.3 Å². The molecule has 3 heteroatoms. The summed E-state index contributed by atoms with van der Waals surface area (Å²) in [7, 11) is 0. The summed E-state index contributed by atoms with van der Waals surface area (Å²) in [6, 6.07) is 11.7. The minimum absolute atomic E-state index is 0.120. The maximum atomic E-state index is 12.3. The lowest BCUT2D eigenvalue weighted by atomic mass is 9.85. The summed E-state index contributed by atoms with van der Waals surface area (Å²) in [5.41, 5.74) is 3.83. The number of carbonyl (C=O) groups is 1. The first-order valence-electron chi connectivity index (χ1n) is 5.27. The molecule has 0 bridgehead atoms. The van der Waals surface area contributed by atoms with Crippen molar-refractivity contribution in [3.8, 4) is 0 Å². The van der Waals surface area contributed by atoms with Crippen LogP contribution in [0.5, 0.6) is 0 Å². The molecule has 84 valence electrons. The summed E-state index contributed by atoms with van der Waals surface area (Å²) in [5, 5.41) is 0. The van der Waals surface area contributed by atoms with Crippen LogP contribution in [0.3, 0.4) is 0 Å². The van der Waals surface area contributed by atoms with Crippen LogP contribution in [0, 0.1) is 0 Å². The van der Waals surface area contributed by atoms with Crippen molar-refractivity contribution in [1.29, 1.82) is 0 Å². The lowest BCUT2D eigenvalue weighted by molar-refractivity contribution is 0.103. The fourth-order valence-corrected chi connectivity index (χ4v) is 2.93. The molecule has 17 heavy (non-hydrogen) atoms. The van der Waals surface area contributed by atoms with Gasteiger partial charge in [-0.3, -0.25) is 4.79 Å². The van der Waals surface area contributed by atoms with E-state index in [0.29, 0.717) is 0 Å². The molecule has 1 nitrogen and oxygen atoms in total. The molecule has 0 amide bonds. The Morgan fingerprint density at radius 3 is 2.41 bits per heavy atom. The van der Waals surface area contributed by atoms with E-state index in [4.69, 9.17) is 0 Å². The first-order valence-corrected chi connectivity index (χ1v) is 6.86. The van der Waals surface area contributed by atoms with Crippen molar-refractivity contribution >= 4 is 37.6 Å². The Balaban J connectivity index is 2.23. The maximum Gasteiger partial charge on any atom is 0.193 e. The highest BCUT2D eigenvalue weighted by molar-refractivity contribution is 9.13. The minimum atomic E-state index is 0.120. The summed E-state index contributed by atoms with van der Waals surface area (Å²) in [5.74, 6) is 0.120. The van der Waals surface area contributed by atoms with Crippen LogP contribution < -0.4 is 0 Å². The van der Waals surface area contributed by atoms with Gasteiger partial charge < -0.3 is 0 Å². The minimum Gasteiger partial charge on any atom is -0.289 e. The first-order chi connectivity index (χ1) is 8.16. The molecule has 0 fully saturated rings. The van der Waals surface area contributed by atoms with E-state index < -0.39 is 0 Å². The molecule has 1 aliphatic rings. The van der Waals surface area contributed by atoms with Crippen LogP contribution in [-0.2, 0) is 6.42 Å². The third-order valence-corrected chi connectivity index (χ3v) is 4.88. The van der Waals surface area contributed by atoms with Crippen LogP contribution in [-0.4, -0.2) is 5.78 Å². The summed E-state index contributed by atoms with van der Waals surface area (Å²) >= 11 is 6.92. The van der Waals surface area contributed by atoms with Crippen molar-refractivity contribution in [3.05, 3.63) is 67.6 Å². The predicted octanol–water partition coefficient (Wildman–Crippen LogP) is 4.35. The van der Waals surface area contributed by atoms with E-state index in [1.54, 1.807) is 0 Å². The van der Waals surface area contributed by atoms with Crippen LogP contribution in [0.1, 0.15) is 27.0 Å². The summed E-state index contributed by atoms with van der Waals surface area (Å²) < 4.78 is 1.91. The molecule has 3 rings (SSSR count). The van der Waals surface area contributed by atoms with Gasteiger partial charge in [-0.05, 0) is 61.5 Å². The second-order valence-corrected chi connectivity index (χ2v) is 5.80. The van der Waals surface area contributed by atoms with E-state index in [1.165, 1.54) is 0 Å². The van der Waals surface area contributed by atoms with Gasteiger partial charge in [0, 0.05) is 20.1 Å². The Hall–Kier alpha value is -0.930. The van der Waals surface area contributed by atoms with Crippen molar-refractivity contribution in [2.45, 2.75) is 6.42 Å². The standard InChI is InChI=1S/C14H8Br2O/c15-12-6-9-5-8-3-1-2-4-10(8)14(17)11(9)7-13(12)16/h1-4,6-7H,5H2. The topological polar surface area (TPSA) is 17.1 Å². The van der Waals surface area contributed by atoms with E-state index >= 15 is 0 Å². The lowest BCUT2D eigenvalue weighted by Crippen LogP contribution is -2.14. The van der Waals surface area contributed by atoms with Gasteiger partial charge in [-0.15, -0.1) is 0 Å². The van der Waals surface area contributed by atoms with Gasteiger partial charge in [-0.25, -0.2) is 0 Å². The molecular weight excluding hydrogens is 344 g/mol. The molecule has 0 atom stereocenters. The fourth-order valence-electron chi connectivity index (χ4n) is 2.19. The van der Waals surface area contributed by atoms with Gasteiger partial charge in [0.2, 0.25) is 0 Å². The molecule has 0 saturated heterocycles. The molecule has 0 heterocycles. The van der Waals surface area contributed by atoms with Gasteiger partial charge in [0.15, 0.2) is 5.78 Å². The van der Waals surface area contributed by atoms with Crippen LogP contribution in [0.25, 0.3) is 0 Å². The Labute approximate surface area is 116 Å². The third-order valence-electron chi connectivity index (χ3n) is 3.03. The van der Waals surface area contributed by atoms with Crippen molar-refractivity contribution in [3.63, 3.8) is 0 Å². The van der Waals surface area contributed by atoms with E-state index in [2.05, 4.69) is 31.9 Å². The molecule has 0 radical (unpaired) electrons. The number of hydrogen-bond donors (Lipinski definition) is 0. The van der Waals surface area contributed by atoms with Gasteiger partial charge in [0.1, 0.15) is 0 Å². The second kappa shape index (κ2) is 4.07. The van der Waals surface area contributed by atoms with Crippen molar-refractivity contribution in [2.24, 2.45) is 0 Å². The molecule has 0 aliphatic heterocycles. The molecule has 0 saturated carbocycles. The summed E-state index contributed by atoms with van der Waals surface area (Å²) in [6.45, 7) is 0. The fraction of sp³-hybridized carbons (Fsp3) is 0.0714. The third kappa shape index (κ3) is 1.78. The predicted molar refractivity (Wildman–Crippen MR) is 74.5 cm³/mol. The molecule has 0 unspecified atom stereocenters. The van der Waals surface area contributed by atoms with Gasteiger partial charge in [0.05, 0.1) is 0 Å². The molecule has 0 N–H and O–H groups in total. The largest absolute Gasteiger partial charge is 0.289 e. The zero-order valence-corrected chi connectivity index (χ0v) is 12.0. The maximum absolute atomic E-state index is 12.3. The Morgan fingerprint density at radius 2 is 1.59 bits per heavy atom. The number of rotatable bonds is 0. The highest BCUT2D eigenvalue weighted by Crippen LogP contribution is 2.33. The normalized spacial score (nSPS) is 13.2. The van der Waals surface area contributed by atoms with E-state index in [-0.39, 0.29) is 5.78 Å². The van der Waals surface area contributed by atoms with Crippen LogP contribution in [0.4, 0.5) is 0 Å². The van der Waals surface area contributed by atoms with E-state index in [0.717, 1.165) is 37.6 Å². The van der Waals surface area contributed by atoms with Crippen LogP contribution in [0.15, 0.2) is 45.3 Å². The molecular formula is C14H8Br2O. The van der Waals surface area contributed by atoms with E-state index in [9.17, 15) is 4.79 Å². The zero-order chi connectivity index (χ0) is 12.0. The average Bonchev–Trinajstić information content (AvgIpc) is 2.32. The van der Waals surface area contributed by atoms with Crippen LogP contribution in [0.2, 0.25) is 0 Å². The zero-order valence-electron chi connectivity index (χ0n) is 8.84. The van der Waals surface area contributed by atoms with Gasteiger partial charge in [0.25, 0.3) is 0 Å². The van der Waals surface area contributed by atoms with E-state index in [1.807, 2.05) is 36.4 Å². The second-order valence-electron chi connectivity index (χ2n) is 4.09. The number of halogens is 2. The number of carbonyl (C=O) groups excluding carboxylic acids is 1. The highest BCUT2D eigenvalue weighted by Gasteiger charge is 2.23. The Morgan fingerprint density at radius 1 is 0.882 bits per heavy atom. The average molecular weight is 352 g/mol.